The monoisotopic (exact) mass is 250 g/mol. The Balaban J connectivity index is 0.000000492. The zero-order valence-corrected chi connectivity index (χ0v) is 11.3. The second-order valence-electron chi connectivity index (χ2n) is 5.48. The third-order valence-electron chi connectivity index (χ3n) is 3.19. The summed E-state index contributed by atoms with van der Waals surface area (Å²) >= 11 is 0. The van der Waals surface area contributed by atoms with Gasteiger partial charge in [0.2, 0.25) is 0 Å². The number of hydrogen-bond acceptors (Lipinski definition) is 3. The topological polar surface area (TPSA) is 66.6 Å². The molecule has 0 saturated heterocycles. The molecule has 0 spiro atoms. The second-order valence-corrected chi connectivity index (χ2v) is 5.48. The van der Waals surface area contributed by atoms with Crippen LogP contribution in [0.3, 0.4) is 0 Å². The summed E-state index contributed by atoms with van der Waals surface area (Å²) in [6.07, 6.45) is 1.12. The number of hydrogen-bond donors (Lipinski definition) is 2. The van der Waals surface area contributed by atoms with E-state index in [9.17, 15) is 0 Å². The van der Waals surface area contributed by atoms with Crippen LogP contribution in [0.5, 0.6) is 0 Å². The molecular formula is C14H22N2O2. The van der Waals surface area contributed by atoms with E-state index < -0.39 is 0 Å². The maximum atomic E-state index is 8.36. The molecule has 3 N–H and O–H groups in total. The van der Waals surface area contributed by atoms with Gasteiger partial charge in [0.05, 0.1) is 0 Å². The first-order valence-corrected chi connectivity index (χ1v) is 6.08. The summed E-state index contributed by atoms with van der Waals surface area (Å²) in [7, 11) is 0. The van der Waals surface area contributed by atoms with E-state index >= 15 is 0 Å². The molecule has 0 fully saturated rings. The van der Waals surface area contributed by atoms with Crippen molar-refractivity contribution < 1.29 is 9.90 Å². The van der Waals surface area contributed by atoms with Crippen LogP contribution < -0.4 is 5.73 Å². The van der Waals surface area contributed by atoms with Crippen LogP contribution in [-0.2, 0) is 17.8 Å². The molecule has 4 heteroatoms. The summed E-state index contributed by atoms with van der Waals surface area (Å²) in [6.45, 7) is 8.76. The molecule has 100 valence electrons. The van der Waals surface area contributed by atoms with Gasteiger partial charge in [-0.15, -0.1) is 0 Å². The Morgan fingerprint density at radius 3 is 2.50 bits per heavy atom. The Hall–Kier alpha value is -1.55. The Morgan fingerprint density at radius 2 is 1.94 bits per heavy atom. The van der Waals surface area contributed by atoms with E-state index in [4.69, 9.17) is 15.6 Å². The van der Waals surface area contributed by atoms with Crippen LogP contribution in [0.25, 0.3) is 0 Å². The van der Waals surface area contributed by atoms with Gasteiger partial charge in [-0.25, -0.2) is 0 Å². The van der Waals surface area contributed by atoms with Crippen LogP contribution in [0, 0.1) is 0 Å². The molecule has 4 nitrogen and oxygen atoms in total. The van der Waals surface area contributed by atoms with E-state index in [0.717, 1.165) is 25.2 Å². The van der Waals surface area contributed by atoms with Gasteiger partial charge in [-0.3, -0.25) is 9.69 Å². The lowest BCUT2D eigenvalue weighted by Gasteiger charge is -2.39. The van der Waals surface area contributed by atoms with Crippen LogP contribution in [0.15, 0.2) is 18.2 Å². The third-order valence-corrected chi connectivity index (χ3v) is 3.19. The lowest BCUT2D eigenvalue weighted by Crippen LogP contribution is -2.44. The van der Waals surface area contributed by atoms with Crippen molar-refractivity contribution in [3.8, 4) is 0 Å². The van der Waals surface area contributed by atoms with Crippen molar-refractivity contribution in [2.75, 3.05) is 12.3 Å². The molecule has 18 heavy (non-hydrogen) atoms. The highest BCUT2D eigenvalue weighted by molar-refractivity contribution is 5.45. The van der Waals surface area contributed by atoms with E-state index in [1.807, 2.05) is 6.07 Å². The summed E-state index contributed by atoms with van der Waals surface area (Å²) < 4.78 is 0. The van der Waals surface area contributed by atoms with E-state index in [0.29, 0.717) is 0 Å². The molecule has 0 radical (unpaired) electrons. The highest BCUT2D eigenvalue weighted by Crippen LogP contribution is 2.26. The zero-order chi connectivity index (χ0) is 13.8. The maximum absolute atomic E-state index is 8.36. The van der Waals surface area contributed by atoms with Crippen molar-refractivity contribution in [1.82, 2.24) is 4.90 Å². The number of fused-ring (bicyclic) bond motifs is 1. The summed E-state index contributed by atoms with van der Waals surface area (Å²) in [5.74, 6) is 0. The fourth-order valence-corrected chi connectivity index (χ4v) is 2.15. The zero-order valence-electron chi connectivity index (χ0n) is 11.3. The second kappa shape index (κ2) is 5.87. The molecule has 1 heterocycles. The van der Waals surface area contributed by atoms with Gasteiger partial charge >= 0.3 is 0 Å². The van der Waals surface area contributed by atoms with Gasteiger partial charge in [0.15, 0.2) is 0 Å². The molecule has 0 unspecified atom stereocenters. The first kappa shape index (κ1) is 14.5. The average Bonchev–Trinajstić information content (AvgIpc) is 2.28. The van der Waals surface area contributed by atoms with Gasteiger partial charge in [-0.05, 0) is 50.5 Å². The fraction of sp³-hybridized carbons (Fsp3) is 0.500. The van der Waals surface area contributed by atoms with Crippen molar-refractivity contribution >= 4 is 12.2 Å². The molecule has 0 aliphatic carbocycles. The number of carbonyl (C=O) groups is 1. The van der Waals surface area contributed by atoms with E-state index in [1.165, 1.54) is 11.1 Å². The highest BCUT2D eigenvalue weighted by atomic mass is 16.3. The van der Waals surface area contributed by atoms with Crippen molar-refractivity contribution in [3.63, 3.8) is 0 Å². The minimum absolute atomic E-state index is 0.250. The van der Waals surface area contributed by atoms with Crippen LogP contribution in [-0.4, -0.2) is 28.6 Å². The summed E-state index contributed by atoms with van der Waals surface area (Å²) in [5, 5.41) is 6.89. The van der Waals surface area contributed by atoms with Gasteiger partial charge < -0.3 is 10.8 Å². The van der Waals surface area contributed by atoms with Crippen LogP contribution in [0.4, 0.5) is 5.69 Å². The van der Waals surface area contributed by atoms with Crippen molar-refractivity contribution in [1.29, 1.82) is 0 Å². The minimum atomic E-state index is -0.250. The predicted octanol–water partition coefficient (Wildman–Crippen LogP) is 2.13. The van der Waals surface area contributed by atoms with Gasteiger partial charge in [0, 0.05) is 24.3 Å². The summed E-state index contributed by atoms with van der Waals surface area (Å²) in [5.41, 5.74) is 9.80. The molecule has 0 saturated carbocycles. The number of carboxylic acid groups (broad SMARTS) is 1. The van der Waals surface area contributed by atoms with Crippen molar-refractivity contribution in [2.45, 2.75) is 39.3 Å². The lowest BCUT2D eigenvalue weighted by atomic mass is 9.95. The number of rotatable bonds is 0. The average molecular weight is 250 g/mol. The lowest BCUT2D eigenvalue weighted by molar-refractivity contribution is -0.122. The molecule has 0 bridgehead atoms. The van der Waals surface area contributed by atoms with Gasteiger partial charge in [0.1, 0.15) is 0 Å². The minimum Gasteiger partial charge on any atom is -0.483 e. The summed E-state index contributed by atoms with van der Waals surface area (Å²) in [6, 6.07) is 6.29. The van der Waals surface area contributed by atoms with E-state index in [2.05, 4.69) is 37.8 Å². The quantitative estimate of drug-likeness (QED) is 0.547. The third kappa shape index (κ3) is 3.74. The Morgan fingerprint density at radius 1 is 1.33 bits per heavy atom. The number of nitrogens with zero attached hydrogens (tertiary/aromatic N) is 1. The maximum Gasteiger partial charge on any atom is 0.290 e. The van der Waals surface area contributed by atoms with Crippen LogP contribution >= 0.6 is 0 Å². The molecular weight excluding hydrogens is 228 g/mol. The van der Waals surface area contributed by atoms with Gasteiger partial charge in [0.25, 0.3) is 6.47 Å². The van der Waals surface area contributed by atoms with Crippen LogP contribution in [0.1, 0.15) is 31.9 Å². The molecule has 0 aromatic heterocycles. The SMILES string of the molecule is CC(C)(C)N1CCc2cc(N)ccc2C1.O=CO. The summed E-state index contributed by atoms with van der Waals surface area (Å²) in [4.78, 5) is 10.9. The normalized spacial score (nSPS) is 15.3. The van der Waals surface area contributed by atoms with Gasteiger partial charge in [-0.1, -0.05) is 6.07 Å². The first-order chi connectivity index (χ1) is 8.38. The smallest absolute Gasteiger partial charge is 0.290 e. The van der Waals surface area contributed by atoms with Crippen LogP contribution in [0.2, 0.25) is 0 Å². The number of benzene rings is 1. The molecule has 1 aliphatic rings. The molecule has 0 amide bonds. The molecule has 1 aliphatic heterocycles. The van der Waals surface area contributed by atoms with E-state index in [-0.39, 0.29) is 12.0 Å². The Kier molecular flexibility index (Phi) is 4.73. The largest absolute Gasteiger partial charge is 0.483 e. The van der Waals surface area contributed by atoms with E-state index in [1.54, 1.807) is 0 Å². The van der Waals surface area contributed by atoms with Crippen molar-refractivity contribution in [2.24, 2.45) is 0 Å². The number of nitrogens with two attached hydrogens (primary N) is 1. The molecule has 2 rings (SSSR count). The molecule has 1 aromatic rings. The highest BCUT2D eigenvalue weighted by Gasteiger charge is 2.25. The van der Waals surface area contributed by atoms with Gasteiger partial charge in [-0.2, -0.15) is 0 Å². The standard InChI is InChI=1S/C13H20N2.CH2O2/c1-13(2,3)15-7-6-10-8-12(14)5-4-11(10)9-15;2-1-3/h4-5,8H,6-7,9,14H2,1-3H3;1H,(H,2,3). The molecule has 1 aromatic carbocycles. The first-order valence-electron chi connectivity index (χ1n) is 6.08. The van der Waals surface area contributed by atoms with Crippen molar-refractivity contribution in [3.05, 3.63) is 29.3 Å². The Bertz CT molecular complexity index is 411. The molecule has 0 atom stereocenters. The number of anilines is 1. The number of nitrogen functional groups attached to an aromatic ring is 1. The predicted molar refractivity (Wildman–Crippen MR) is 73.4 cm³/mol. The Labute approximate surface area is 108 Å². The fourth-order valence-electron chi connectivity index (χ4n) is 2.15.